The van der Waals surface area contributed by atoms with E-state index in [2.05, 4.69) is 0 Å². The molecule has 0 spiro atoms. The summed E-state index contributed by atoms with van der Waals surface area (Å²) in [5.41, 5.74) is 1.86. The molecule has 3 nitrogen and oxygen atoms in total. The van der Waals surface area contributed by atoms with Crippen LogP contribution < -0.4 is 0 Å². The zero-order valence-corrected chi connectivity index (χ0v) is 11.7. The maximum Gasteiger partial charge on any atom is 0.261 e. The van der Waals surface area contributed by atoms with Crippen LogP contribution in [0.4, 0.5) is 0 Å². The molecule has 2 aromatic rings. The Balaban J connectivity index is 2.42. The predicted molar refractivity (Wildman–Crippen MR) is 74.1 cm³/mol. The highest BCUT2D eigenvalue weighted by atomic mass is 35.7. The molecule has 5 heteroatoms. The Labute approximate surface area is 116 Å². The van der Waals surface area contributed by atoms with E-state index in [1.165, 1.54) is 18.2 Å². The highest BCUT2D eigenvalue weighted by Crippen LogP contribution is 2.18. The van der Waals surface area contributed by atoms with Crippen molar-refractivity contribution in [2.75, 3.05) is 0 Å². The highest BCUT2D eigenvalue weighted by molar-refractivity contribution is 8.13. The summed E-state index contributed by atoms with van der Waals surface area (Å²) in [4.78, 5) is 12.1. The Kier molecular flexibility index (Phi) is 3.73. The summed E-state index contributed by atoms with van der Waals surface area (Å²) in [5, 5.41) is 0. The molecule has 0 aliphatic carbocycles. The Bertz CT molecular complexity index is 719. The molecule has 0 aromatic heterocycles. The minimum absolute atomic E-state index is 0.0767. The minimum atomic E-state index is -3.83. The van der Waals surface area contributed by atoms with Crippen molar-refractivity contribution in [2.45, 2.75) is 11.8 Å². The molecule has 0 aliphatic heterocycles. The van der Waals surface area contributed by atoms with Crippen LogP contribution in [0.25, 0.3) is 0 Å². The largest absolute Gasteiger partial charge is 0.289 e. The lowest BCUT2D eigenvalue weighted by atomic mass is 10.0. The molecule has 0 heterocycles. The summed E-state index contributed by atoms with van der Waals surface area (Å²) < 4.78 is 22.5. The van der Waals surface area contributed by atoms with Crippen LogP contribution >= 0.6 is 10.7 Å². The van der Waals surface area contributed by atoms with Crippen LogP contribution in [0.2, 0.25) is 0 Å². The summed E-state index contributed by atoms with van der Waals surface area (Å²) in [6.07, 6.45) is 0. The molecule has 0 fully saturated rings. The topological polar surface area (TPSA) is 51.2 Å². The van der Waals surface area contributed by atoms with Crippen LogP contribution in [0.3, 0.4) is 0 Å². The molecule has 2 aromatic carbocycles. The van der Waals surface area contributed by atoms with Gasteiger partial charge in [-0.3, -0.25) is 4.79 Å². The van der Waals surface area contributed by atoms with Crippen molar-refractivity contribution in [1.29, 1.82) is 0 Å². The van der Waals surface area contributed by atoms with Gasteiger partial charge < -0.3 is 0 Å². The van der Waals surface area contributed by atoms with Gasteiger partial charge in [-0.1, -0.05) is 42.0 Å². The van der Waals surface area contributed by atoms with E-state index in [4.69, 9.17) is 10.7 Å². The second kappa shape index (κ2) is 5.15. The maximum absolute atomic E-state index is 12.2. The molecule has 98 valence electrons. The summed E-state index contributed by atoms with van der Waals surface area (Å²) in [5.74, 6) is -0.234. The average molecular weight is 295 g/mol. The van der Waals surface area contributed by atoms with E-state index in [9.17, 15) is 13.2 Å². The number of aryl methyl sites for hydroxylation is 1. The molecule has 0 N–H and O–H groups in total. The van der Waals surface area contributed by atoms with Crippen molar-refractivity contribution < 1.29 is 13.2 Å². The van der Waals surface area contributed by atoms with Gasteiger partial charge in [0.15, 0.2) is 5.78 Å². The van der Waals surface area contributed by atoms with Crippen LogP contribution in [-0.2, 0) is 9.05 Å². The number of carbonyl (C=O) groups excluding carboxylic acids is 1. The summed E-state index contributed by atoms with van der Waals surface area (Å²) in [6.45, 7) is 1.93. The van der Waals surface area contributed by atoms with E-state index < -0.39 is 9.05 Å². The van der Waals surface area contributed by atoms with E-state index in [1.807, 2.05) is 19.1 Å². The predicted octanol–water partition coefficient (Wildman–Crippen LogP) is 3.15. The van der Waals surface area contributed by atoms with E-state index in [0.29, 0.717) is 11.1 Å². The van der Waals surface area contributed by atoms with Gasteiger partial charge in [0.05, 0.1) is 4.90 Å². The fraction of sp³-hybridized carbons (Fsp3) is 0.0714. The van der Waals surface area contributed by atoms with Gasteiger partial charge in [-0.05, 0) is 19.1 Å². The molecule has 0 saturated carbocycles. The molecule has 0 aliphatic rings. The van der Waals surface area contributed by atoms with Gasteiger partial charge in [0.2, 0.25) is 0 Å². The third-order valence-corrected chi connectivity index (χ3v) is 4.04. The van der Waals surface area contributed by atoms with Crippen LogP contribution in [0.15, 0.2) is 53.4 Å². The number of hydrogen-bond donors (Lipinski definition) is 0. The van der Waals surface area contributed by atoms with Crippen molar-refractivity contribution >= 4 is 25.5 Å². The van der Waals surface area contributed by atoms with E-state index in [1.54, 1.807) is 18.2 Å². The Morgan fingerprint density at radius 1 is 1.00 bits per heavy atom. The smallest absolute Gasteiger partial charge is 0.261 e. The Morgan fingerprint density at radius 3 is 2.21 bits per heavy atom. The monoisotopic (exact) mass is 294 g/mol. The number of halogens is 1. The Hall–Kier alpha value is -1.65. The van der Waals surface area contributed by atoms with E-state index >= 15 is 0 Å². The normalized spacial score (nSPS) is 11.3. The standard InChI is InChI=1S/C14H11ClO3S/c1-10-5-7-11(8-6-10)14(16)12-3-2-4-13(9-12)19(15,17)18/h2-9H,1H3. The summed E-state index contributed by atoms with van der Waals surface area (Å²) >= 11 is 0. The fourth-order valence-corrected chi connectivity index (χ4v) is 2.46. The minimum Gasteiger partial charge on any atom is -0.289 e. The van der Waals surface area contributed by atoms with Gasteiger partial charge in [-0.2, -0.15) is 0 Å². The van der Waals surface area contributed by atoms with Gasteiger partial charge in [-0.15, -0.1) is 0 Å². The number of rotatable bonds is 3. The second-order valence-electron chi connectivity index (χ2n) is 4.16. The lowest BCUT2D eigenvalue weighted by molar-refractivity contribution is 0.103. The van der Waals surface area contributed by atoms with Gasteiger partial charge in [-0.25, -0.2) is 8.42 Å². The highest BCUT2D eigenvalue weighted by Gasteiger charge is 2.14. The van der Waals surface area contributed by atoms with Crippen LogP contribution in [0.5, 0.6) is 0 Å². The molecule has 0 bridgehead atoms. The zero-order valence-electron chi connectivity index (χ0n) is 10.1. The number of hydrogen-bond acceptors (Lipinski definition) is 3. The quantitative estimate of drug-likeness (QED) is 0.645. The molecule has 0 saturated heterocycles. The molecule has 19 heavy (non-hydrogen) atoms. The number of benzene rings is 2. The van der Waals surface area contributed by atoms with Crippen molar-refractivity contribution in [1.82, 2.24) is 0 Å². The number of carbonyl (C=O) groups is 1. The van der Waals surface area contributed by atoms with Crippen molar-refractivity contribution in [2.24, 2.45) is 0 Å². The molecular formula is C14H11ClO3S. The summed E-state index contributed by atoms with van der Waals surface area (Å²) in [6, 6.07) is 12.8. The first kappa shape index (κ1) is 13.8. The molecule has 0 amide bonds. The summed E-state index contributed by atoms with van der Waals surface area (Å²) in [7, 11) is 1.44. The van der Waals surface area contributed by atoms with Crippen molar-refractivity contribution in [3.8, 4) is 0 Å². The molecule has 2 rings (SSSR count). The molecule has 0 unspecified atom stereocenters. The van der Waals surface area contributed by atoms with Crippen LogP contribution in [0.1, 0.15) is 21.5 Å². The van der Waals surface area contributed by atoms with E-state index in [0.717, 1.165) is 5.56 Å². The van der Waals surface area contributed by atoms with Gasteiger partial charge >= 0.3 is 0 Å². The van der Waals surface area contributed by atoms with Crippen molar-refractivity contribution in [3.05, 3.63) is 65.2 Å². The molecular weight excluding hydrogens is 284 g/mol. The SMILES string of the molecule is Cc1ccc(C(=O)c2cccc(S(=O)(=O)Cl)c2)cc1. The zero-order chi connectivity index (χ0) is 14.0. The third-order valence-electron chi connectivity index (χ3n) is 2.69. The van der Waals surface area contributed by atoms with Gasteiger partial charge in [0.25, 0.3) is 9.05 Å². The van der Waals surface area contributed by atoms with Crippen LogP contribution in [-0.4, -0.2) is 14.2 Å². The lowest BCUT2D eigenvalue weighted by Crippen LogP contribution is -2.02. The average Bonchev–Trinajstić information content (AvgIpc) is 2.38. The first-order chi connectivity index (χ1) is 8.88. The van der Waals surface area contributed by atoms with Crippen LogP contribution in [0, 0.1) is 6.92 Å². The van der Waals surface area contributed by atoms with Gasteiger partial charge in [0, 0.05) is 21.8 Å². The molecule has 0 atom stereocenters. The first-order valence-corrected chi connectivity index (χ1v) is 7.85. The lowest BCUT2D eigenvalue weighted by Gasteiger charge is -2.03. The third kappa shape index (κ3) is 3.22. The second-order valence-corrected chi connectivity index (χ2v) is 6.73. The van der Waals surface area contributed by atoms with Gasteiger partial charge in [0.1, 0.15) is 0 Å². The van der Waals surface area contributed by atoms with Crippen molar-refractivity contribution in [3.63, 3.8) is 0 Å². The fourth-order valence-electron chi connectivity index (χ4n) is 1.66. The first-order valence-electron chi connectivity index (χ1n) is 5.54. The number of ketones is 1. The maximum atomic E-state index is 12.2. The van der Waals surface area contributed by atoms with E-state index in [-0.39, 0.29) is 10.7 Å². The molecule has 0 radical (unpaired) electrons. The Morgan fingerprint density at radius 2 is 1.63 bits per heavy atom.